The van der Waals surface area contributed by atoms with Crippen LogP contribution >= 0.6 is 0 Å². The summed E-state index contributed by atoms with van der Waals surface area (Å²) < 4.78 is 10.2. The number of nitro benzene ring substituents is 1. The van der Waals surface area contributed by atoms with Crippen LogP contribution in [0.2, 0.25) is 0 Å². The quantitative estimate of drug-likeness (QED) is 0.669. The molecule has 23 heavy (non-hydrogen) atoms. The van der Waals surface area contributed by atoms with E-state index in [2.05, 4.69) is 0 Å². The highest BCUT2D eigenvalue weighted by Crippen LogP contribution is 2.35. The summed E-state index contributed by atoms with van der Waals surface area (Å²) in [6.45, 7) is 1.26. The van der Waals surface area contributed by atoms with Gasteiger partial charge >= 0.3 is 0 Å². The van der Waals surface area contributed by atoms with Gasteiger partial charge in [-0.3, -0.25) is 14.9 Å². The molecule has 0 aliphatic carbocycles. The Morgan fingerprint density at radius 1 is 1.13 bits per heavy atom. The Balaban J connectivity index is 0.00000127. The zero-order chi connectivity index (χ0) is 17.4. The Labute approximate surface area is 134 Å². The lowest BCUT2D eigenvalue weighted by atomic mass is 10.1. The molecule has 1 aromatic rings. The van der Waals surface area contributed by atoms with Gasteiger partial charge in [-0.1, -0.05) is 0 Å². The van der Waals surface area contributed by atoms with Gasteiger partial charge in [0.2, 0.25) is 0 Å². The van der Waals surface area contributed by atoms with Crippen LogP contribution in [0.1, 0.15) is 29.6 Å². The van der Waals surface area contributed by atoms with Gasteiger partial charge < -0.3 is 19.5 Å². The summed E-state index contributed by atoms with van der Waals surface area (Å²) >= 11 is 0. The molecule has 1 heterocycles. The van der Waals surface area contributed by atoms with E-state index in [1.165, 1.54) is 26.4 Å². The fraction of sp³-hybridized carbons (Fsp3) is 0.533. The van der Waals surface area contributed by atoms with Crippen LogP contribution in [0.4, 0.5) is 5.69 Å². The first-order valence-corrected chi connectivity index (χ1v) is 7.23. The molecule has 0 radical (unpaired) electrons. The molecule has 0 saturated carbocycles. The Hall–Kier alpha value is -2.35. The largest absolute Gasteiger partial charge is 0.493 e. The topological polar surface area (TPSA) is 102 Å². The highest BCUT2D eigenvalue weighted by molar-refractivity contribution is 5.99. The molecule has 1 saturated heterocycles. The number of hydrogen-bond donors (Lipinski definition) is 1. The predicted octanol–water partition coefficient (Wildman–Crippen LogP) is 1.85. The molecule has 1 amide bonds. The third kappa shape index (κ3) is 4.32. The number of methoxy groups -OCH3 is 2. The van der Waals surface area contributed by atoms with E-state index < -0.39 is 4.92 Å². The summed E-state index contributed by atoms with van der Waals surface area (Å²) in [4.78, 5) is 24.8. The van der Waals surface area contributed by atoms with E-state index in [4.69, 9.17) is 14.6 Å². The molecular formula is C15H22N2O6. The lowest BCUT2D eigenvalue weighted by molar-refractivity contribution is -0.385. The molecule has 2 rings (SSSR count). The van der Waals surface area contributed by atoms with Crippen molar-refractivity contribution in [3.05, 3.63) is 27.8 Å². The first-order valence-electron chi connectivity index (χ1n) is 7.23. The number of hydrogen-bond acceptors (Lipinski definition) is 6. The molecule has 1 aromatic carbocycles. The van der Waals surface area contributed by atoms with E-state index in [0.29, 0.717) is 18.8 Å². The van der Waals surface area contributed by atoms with Crippen LogP contribution in [0.5, 0.6) is 11.5 Å². The summed E-state index contributed by atoms with van der Waals surface area (Å²) in [5.41, 5.74) is -0.220. The first-order chi connectivity index (χ1) is 11.1. The van der Waals surface area contributed by atoms with Gasteiger partial charge in [0, 0.05) is 26.3 Å². The van der Waals surface area contributed by atoms with E-state index in [-0.39, 0.29) is 22.9 Å². The molecule has 0 aromatic heterocycles. The molecule has 0 atom stereocenters. The highest BCUT2D eigenvalue weighted by Gasteiger charge is 2.28. The van der Waals surface area contributed by atoms with Crippen molar-refractivity contribution in [3.8, 4) is 11.5 Å². The minimum absolute atomic E-state index is 0.0413. The van der Waals surface area contributed by atoms with Crippen LogP contribution in [-0.4, -0.2) is 55.3 Å². The molecule has 8 heteroatoms. The standard InChI is InChI=1S/C14H18N2O5.CH4O/c1-20-12-8-10(11(16(18)19)9-13(12)21-2)14(17)15-6-4-3-5-7-15;1-2/h8-9H,3-7H2,1-2H3;2H,1H3. The minimum Gasteiger partial charge on any atom is -0.493 e. The molecule has 0 bridgehead atoms. The maximum absolute atomic E-state index is 12.5. The van der Waals surface area contributed by atoms with E-state index in [9.17, 15) is 14.9 Å². The summed E-state index contributed by atoms with van der Waals surface area (Å²) in [5.74, 6) is 0.213. The molecule has 1 aliphatic heterocycles. The van der Waals surface area contributed by atoms with Crippen molar-refractivity contribution in [3.63, 3.8) is 0 Å². The fourth-order valence-corrected chi connectivity index (χ4v) is 2.46. The van der Waals surface area contributed by atoms with Crippen LogP contribution in [0.3, 0.4) is 0 Å². The fourth-order valence-electron chi connectivity index (χ4n) is 2.46. The van der Waals surface area contributed by atoms with Gasteiger partial charge in [-0.05, 0) is 19.3 Å². The molecular weight excluding hydrogens is 304 g/mol. The van der Waals surface area contributed by atoms with Gasteiger partial charge in [-0.2, -0.15) is 0 Å². The van der Waals surface area contributed by atoms with Crippen LogP contribution in [0.25, 0.3) is 0 Å². The second-order valence-corrected chi connectivity index (χ2v) is 4.83. The van der Waals surface area contributed by atoms with Crippen LogP contribution in [-0.2, 0) is 0 Å². The number of piperidine rings is 1. The molecule has 8 nitrogen and oxygen atoms in total. The number of ether oxygens (including phenoxy) is 2. The average Bonchev–Trinajstić information content (AvgIpc) is 2.62. The zero-order valence-corrected chi connectivity index (χ0v) is 13.6. The van der Waals surface area contributed by atoms with Crippen LogP contribution in [0, 0.1) is 10.1 Å². The molecule has 1 fully saturated rings. The van der Waals surface area contributed by atoms with Crippen molar-refractivity contribution in [1.82, 2.24) is 4.90 Å². The highest BCUT2D eigenvalue weighted by atomic mass is 16.6. The average molecular weight is 326 g/mol. The van der Waals surface area contributed by atoms with Crippen molar-refractivity contribution < 1.29 is 24.3 Å². The number of nitrogens with zero attached hydrogens (tertiary/aromatic N) is 2. The summed E-state index contributed by atoms with van der Waals surface area (Å²) in [5, 5.41) is 18.2. The normalized spacial score (nSPS) is 13.7. The molecule has 1 N–H and O–H groups in total. The predicted molar refractivity (Wildman–Crippen MR) is 84.1 cm³/mol. The minimum atomic E-state index is -0.570. The number of carbonyl (C=O) groups is 1. The van der Waals surface area contributed by atoms with Crippen molar-refractivity contribution in [2.75, 3.05) is 34.4 Å². The lowest BCUT2D eigenvalue weighted by Gasteiger charge is -2.26. The molecule has 0 unspecified atom stereocenters. The third-order valence-corrected chi connectivity index (χ3v) is 3.57. The van der Waals surface area contributed by atoms with Crippen molar-refractivity contribution in [1.29, 1.82) is 0 Å². The number of carbonyl (C=O) groups excluding carboxylic acids is 1. The van der Waals surface area contributed by atoms with E-state index >= 15 is 0 Å². The SMILES string of the molecule is CO.COc1cc(C(=O)N2CCCCC2)c([N+](=O)[O-])cc1OC. The number of aliphatic hydroxyl groups excluding tert-OH is 1. The van der Waals surface area contributed by atoms with Gasteiger partial charge in [-0.15, -0.1) is 0 Å². The first kappa shape index (κ1) is 18.7. The maximum Gasteiger partial charge on any atom is 0.286 e. The molecule has 128 valence electrons. The van der Waals surface area contributed by atoms with Crippen LogP contribution in [0.15, 0.2) is 12.1 Å². The van der Waals surface area contributed by atoms with Crippen molar-refractivity contribution in [2.45, 2.75) is 19.3 Å². The molecule has 1 aliphatic rings. The second-order valence-electron chi connectivity index (χ2n) is 4.83. The van der Waals surface area contributed by atoms with Gasteiger partial charge in [0.15, 0.2) is 11.5 Å². The number of nitro groups is 1. The second kappa shape index (κ2) is 8.94. The summed E-state index contributed by atoms with van der Waals surface area (Å²) in [6, 6.07) is 2.61. The smallest absolute Gasteiger partial charge is 0.286 e. The van der Waals surface area contributed by atoms with Crippen LogP contribution < -0.4 is 9.47 Å². The van der Waals surface area contributed by atoms with Gasteiger partial charge in [0.1, 0.15) is 5.56 Å². The van der Waals surface area contributed by atoms with Crippen molar-refractivity contribution in [2.24, 2.45) is 0 Å². The third-order valence-electron chi connectivity index (χ3n) is 3.57. The van der Waals surface area contributed by atoms with E-state index in [0.717, 1.165) is 26.4 Å². The summed E-state index contributed by atoms with van der Waals surface area (Å²) in [6.07, 6.45) is 2.93. The van der Waals surface area contributed by atoms with Crippen molar-refractivity contribution >= 4 is 11.6 Å². The van der Waals surface area contributed by atoms with Gasteiger partial charge in [-0.25, -0.2) is 0 Å². The van der Waals surface area contributed by atoms with E-state index in [1.807, 2.05) is 0 Å². The number of amides is 1. The number of aliphatic hydroxyl groups is 1. The Kier molecular flexibility index (Phi) is 7.27. The number of likely N-dealkylation sites (tertiary alicyclic amines) is 1. The Morgan fingerprint density at radius 2 is 1.65 bits per heavy atom. The van der Waals surface area contributed by atoms with E-state index in [1.54, 1.807) is 4.90 Å². The van der Waals surface area contributed by atoms with Gasteiger partial charge in [0.05, 0.1) is 25.2 Å². The Bertz CT molecular complexity index is 555. The number of rotatable bonds is 4. The lowest BCUT2D eigenvalue weighted by Crippen LogP contribution is -2.35. The maximum atomic E-state index is 12.5. The summed E-state index contributed by atoms with van der Waals surface area (Å²) in [7, 11) is 3.83. The Morgan fingerprint density at radius 3 is 2.13 bits per heavy atom. The monoisotopic (exact) mass is 326 g/mol. The molecule has 0 spiro atoms. The van der Waals surface area contributed by atoms with Gasteiger partial charge in [0.25, 0.3) is 11.6 Å². The number of benzene rings is 1. The zero-order valence-electron chi connectivity index (χ0n) is 13.6.